The fraction of sp³-hybridized carbons (Fsp3) is 0.286. The van der Waals surface area contributed by atoms with E-state index in [2.05, 4.69) is 36.5 Å². The van der Waals surface area contributed by atoms with Crippen LogP contribution in [0.5, 0.6) is 0 Å². The second-order valence-corrected chi connectivity index (χ2v) is 5.10. The lowest BCUT2D eigenvalue weighted by molar-refractivity contribution is 0.210. The van der Waals surface area contributed by atoms with Gasteiger partial charge in [-0.25, -0.2) is 4.98 Å². The van der Waals surface area contributed by atoms with Gasteiger partial charge < -0.3 is 15.4 Å². The standard InChI is InChI=1S/C14H17BrN4O/c1-10-9-13(18-12-6-4-3-5-11(12)15)19-14(17-10)16-7-8-20-2/h3-6,9H,7-8H2,1-2H3,(H2,16,17,18,19). The molecule has 0 aliphatic heterocycles. The first-order valence-corrected chi connectivity index (χ1v) is 7.08. The van der Waals surface area contributed by atoms with Gasteiger partial charge in [0.25, 0.3) is 0 Å². The highest BCUT2D eigenvalue weighted by molar-refractivity contribution is 9.10. The lowest BCUT2D eigenvalue weighted by Crippen LogP contribution is -2.11. The van der Waals surface area contributed by atoms with E-state index in [9.17, 15) is 0 Å². The number of methoxy groups -OCH3 is 1. The van der Waals surface area contributed by atoms with Crippen LogP contribution >= 0.6 is 15.9 Å². The second kappa shape index (κ2) is 7.21. The van der Waals surface area contributed by atoms with Crippen LogP contribution in [-0.4, -0.2) is 30.2 Å². The van der Waals surface area contributed by atoms with Crippen LogP contribution in [0, 0.1) is 6.92 Å². The summed E-state index contributed by atoms with van der Waals surface area (Å²) < 4.78 is 5.99. The lowest BCUT2D eigenvalue weighted by Gasteiger charge is -2.10. The number of benzene rings is 1. The molecule has 106 valence electrons. The molecule has 1 heterocycles. The normalized spacial score (nSPS) is 10.3. The highest BCUT2D eigenvalue weighted by Crippen LogP contribution is 2.24. The Balaban J connectivity index is 2.13. The molecule has 1 aromatic heterocycles. The molecule has 6 heteroatoms. The fourth-order valence-electron chi connectivity index (χ4n) is 1.68. The summed E-state index contributed by atoms with van der Waals surface area (Å²) in [6.07, 6.45) is 0. The zero-order chi connectivity index (χ0) is 14.4. The predicted octanol–water partition coefficient (Wildman–Crippen LogP) is 3.35. The fourth-order valence-corrected chi connectivity index (χ4v) is 2.06. The number of hydrogen-bond acceptors (Lipinski definition) is 5. The van der Waals surface area contributed by atoms with E-state index in [4.69, 9.17) is 4.74 Å². The molecule has 0 amide bonds. The van der Waals surface area contributed by atoms with E-state index >= 15 is 0 Å². The largest absolute Gasteiger partial charge is 0.383 e. The van der Waals surface area contributed by atoms with Crippen molar-refractivity contribution in [3.8, 4) is 0 Å². The Morgan fingerprint density at radius 2 is 2.05 bits per heavy atom. The summed E-state index contributed by atoms with van der Waals surface area (Å²) in [5.41, 5.74) is 1.86. The summed E-state index contributed by atoms with van der Waals surface area (Å²) in [6, 6.07) is 9.81. The molecule has 0 radical (unpaired) electrons. The van der Waals surface area contributed by atoms with Crippen LogP contribution in [0.25, 0.3) is 0 Å². The van der Waals surface area contributed by atoms with Gasteiger partial charge in [-0.3, -0.25) is 0 Å². The highest BCUT2D eigenvalue weighted by atomic mass is 79.9. The minimum atomic E-state index is 0.594. The quantitative estimate of drug-likeness (QED) is 0.792. The Bertz CT molecular complexity index is 577. The van der Waals surface area contributed by atoms with E-state index in [0.29, 0.717) is 19.1 Å². The summed E-state index contributed by atoms with van der Waals surface area (Å²) >= 11 is 3.50. The van der Waals surface area contributed by atoms with Gasteiger partial charge in [0.2, 0.25) is 5.95 Å². The summed E-state index contributed by atoms with van der Waals surface area (Å²) in [4.78, 5) is 8.77. The molecule has 1 aromatic carbocycles. The molecule has 2 N–H and O–H groups in total. The molecule has 2 aromatic rings. The van der Waals surface area contributed by atoms with Crippen molar-refractivity contribution in [1.29, 1.82) is 0 Å². The third-order valence-corrected chi connectivity index (χ3v) is 3.27. The van der Waals surface area contributed by atoms with E-state index < -0.39 is 0 Å². The topological polar surface area (TPSA) is 59.1 Å². The molecule has 0 aliphatic carbocycles. The van der Waals surface area contributed by atoms with Crippen molar-refractivity contribution in [2.45, 2.75) is 6.92 Å². The first kappa shape index (κ1) is 14.7. The Labute approximate surface area is 126 Å². The molecule has 5 nitrogen and oxygen atoms in total. The first-order chi connectivity index (χ1) is 9.69. The second-order valence-electron chi connectivity index (χ2n) is 4.24. The molecular formula is C14H17BrN4O. The maximum Gasteiger partial charge on any atom is 0.224 e. The van der Waals surface area contributed by atoms with Crippen LogP contribution in [-0.2, 0) is 4.74 Å². The number of nitrogens with one attached hydrogen (secondary N) is 2. The molecule has 0 bridgehead atoms. The van der Waals surface area contributed by atoms with E-state index in [1.165, 1.54) is 0 Å². The maximum absolute atomic E-state index is 5.00. The molecule has 0 atom stereocenters. The minimum absolute atomic E-state index is 0.594. The van der Waals surface area contributed by atoms with Crippen molar-refractivity contribution >= 4 is 33.4 Å². The number of hydrogen-bond donors (Lipinski definition) is 2. The van der Waals surface area contributed by atoms with Gasteiger partial charge >= 0.3 is 0 Å². The van der Waals surface area contributed by atoms with E-state index in [1.54, 1.807) is 7.11 Å². The van der Waals surface area contributed by atoms with E-state index in [1.807, 2.05) is 37.3 Å². The van der Waals surface area contributed by atoms with Gasteiger partial charge in [-0.15, -0.1) is 0 Å². The van der Waals surface area contributed by atoms with E-state index in [0.717, 1.165) is 21.7 Å². The molecule has 0 fully saturated rings. The van der Waals surface area contributed by atoms with E-state index in [-0.39, 0.29) is 0 Å². The number of para-hydroxylation sites is 1. The number of nitrogens with zero attached hydrogens (tertiary/aromatic N) is 2. The summed E-state index contributed by atoms with van der Waals surface area (Å²) in [5, 5.41) is 6.40. The zero-order valence-electron chi connectivity index (χ0n) is 11.5. The lowest BCUT2D eigenvalue weighted by atomic mass is 10.3. The Kier molecular flexibility index (Phi) is 5.31. The number of anilines is 3. The van der Waals surface area contributed by atoms with Crippen molar-refractivity contribution in [2.24, 2.45) is 0 Å². The van der Waals surface area contributed by atoms with Crippen LogP contribution in [0.15, 0.2) is 34.8 Å². The van der Waals surface area contributed by atoms with Gasteiger partial charge in [0, 0.05) is 29.9 Å². The van der Waals surface area contributed by atoms with Gasteiger partial charge in [0.1, 0.15) is 5.82 Å². The average Bonchev–Trinajstić information content (AvgIpc) is 2.41. The Morgan fingerprint density at radius 3 is 2.80 bits per heavy atom. The molecule has 0 aliphatic rings. The van der Waals surface area contributed by atoms with Crippen molar-refractivity contribution in [3.63, 3.8) is 0 Å². The summed E-state index contributed by atoms with van der Waals surface area (Å²) in [6.45, 7) is 3.23. The molecule has 20 heavy (non-hydrogen) atoms. The molecule has 0 unspecified atom stereocenters. The van der Waals surface area contributed by atoms with Crippen LogP contribution in [0.2, 0.25) is 0 Å². The number of aromatic nitrogens is 2. The molecule has 0 spiro atoms. The third-order valence-electron chi connectivity index (χ3n) is 2.58. The van der Waals surface area contributed by atoms with Crippen LogP contribution in [0.1, 0.15) is 5.69 Å². The van der Waals surface area contributed by atoms with Gasteiger partial charge in [0.05, 0.1) is 12.3 Å². The van der Waals surface area contributed by atoms with Gasteiger partial charge in [-0.05, 0) is 35.0 Å². The summed E-state index contributed by atoms with van der Waals surface area (Å²) in [7, 11) is 1.67. The van der Waals surface area contributed by atoms with Crippen LogP contribution in [0.4, 0.5) is 17.5 Å². The zero-order valence-corrected chi connectivity index (χ0v) is 13.1. The van der Waals surface area contributed by atoms with Crippen molar-refractivity contribution in [1.82, 2.24) is 9.97 Å². The number of aryl methyl sites for hydroxylation is 1. The van der Waals surface area contributed by atoms with Gasteiger partial charge in [-0.2, -0.15) is 4.98 Å². The minimum Gasteiger partial charge on any atom is -0.383 e. The summed E-state index contributed by atoms with van der Waals surface area (Å²) in [5.74, 6) is 1.35. The number of ether oxygens (including phenoxy) is 1. The maximum atomic E-state index is 5.00. The van der Waals surface area contributed by atoms with Crippen LogP contribution < -0.4 is 10.6 Å². The number of halogens is 1. The van der Waals surface area contributed by atoms with Crippen molar-refractivity contribution in [3.05, 3.63) is 40.5 Å². The predicted molar refractivity (Wildman–Crippen MR) is 84.6 cm³/mol. The molecular weight excluding hydrogens is 320 g/mol. The van der Waals surface area contributed by atoms with Crippen molar-refractivity contribution in [2.75, 3.05) is 30.9 Å². The smallest absolute Gasteiger partial charge is 0.224 e. The molecule has 0 saturated heterocycles. The Morgan fingerprint density at radius 1 is 1.25 bits per heavy atom. The first-order valence-electron chi connectivity index (χ1n) is 6.29. The number of rotatable bonds is 6. The monoisotopic (exact) mass is 336 g/mol. The molecule has 2 rings (SSSR count). The molecule has 0 saturated carbocycles. The highest BCUT2D eigenvalue weighted by Gasteiger charge is 2.04. The van der Waals surface area contributed by atoms with Crippen molar-refractivity contribution < 1.29 is 4.74 Å². The third kappa shape index (κ3) is 4.18. The Hall–Kier alpha value is -1.66. The SMILES string of the molecule is COCCNc1nc(C)cc(Nc2ccccc2Br)n1. The van der Waals surface area contributed by atoms with Gasteiger partial charge in [-0.1, -0.05) is 12.1 Å². The van der Waals surface area contributed by atoms with Crippen LogP contribution in [0.3, 0.4) is 0 Å². The van der Waals surface area contributed by atoms with Gasteiger partial charge in [0.15, 0.2) is 0 Å². The average molecular weight is 337 g/mol.